The van der Waals surface area contributed by atoms with E-state index in [4.69, 9.17) is 39.9 Å². The average molecular weight is 284 g/mol. The van der Waals surface area contributed by atoms with Crippen molar-refractivity contribution >= 4 is 59.5 Å². The molecule has 1 aromatic rings. The van der Waals surface area contributed by atoms with Crippen molar-refractivity contribution in [3.8, 4) is 0 Å². The van der Waals surface area contributed by atoms with Gasteiger partial charge < -0.3 is 5.11 Å². The summed E-state index contributed by atoms with van der Waals surface area (Å²) in [5.41, 5.74) is 0.346. The lowest BCUT2D eigenvalue weighted by atomic mass is 10.2. The molecule has 0 atom stereocenters. The molecule has 1 N–H and O–H groups in total. The average Bonchev–Trinajstić information content (AvgIpc) is 2.18. The van der Waals surface area contributed by atoms with Crippen molar-refractivity contribution in [3.63, 3.8) is 0 Å². The first-order valence-electron chi connectivity index (χ1n) is 3.71. The first-order chi connectivity index (χ1) is 6.93. The van der Waals surface area contributed by atoms with Crippen molar-refractivity contribution in [2.45, 2.75) is 0 Å². The largest absolute Gasteiger partial charge is 0.477 e. The Kier molecular flexibility index (Phi) is 4.34. The van der Waals surface area contributed by atoms with Crippen LogP contribution in [0.25, 0.3) is 6.08 Å². The molecular formula is C9H5Cl3O2S. The molecule has 2 nitrogen and oxygen atoms in total. The number of benzene rings is 1. The minimum Gasteiger partial charge on any atom is -0.477 e. The van der Waals surface area contributed by atoms with E-state index in [0.29, 0.717) is 15.6 Å². The lowest BCUT2D eigenvalue weighted by Crippen LogP contribution is -1.93. The van der Waals surface area contributed by atoms with E-state index in [1.54, 1.807) is 0 Å². The smallest absolute Gasteiger partial charge is 0.341 e. The molecule has 0 amide bonds. The number of rotatable bonds is 2. The second-order valence-electron chi connectivity index (χ2n) is 2.59. The molecule has 0 unspecified atom stereocenters. The van der Waals surface area contributed by atoms with Crippen molar-refractivity contribution < 1.29 is 9.90 Å². The normalized spacial score (nSPS) is 11.6. The number of carboxylic acids is 1. The second kappa shape index (κ2) is 5.12. The van der Waals surface area contributed by atoms with Gasteiger partial charge in [-0.05, 0) is 18.2 Å². The van der Waals surface area contributed by atoms with E-state index in [-0.39, 0.29) is 9.93 Å². The lowest BCUT2D eigenvalue weighted by Gasteiger charge is -2.04. The number of halogens is 3. The van der Waals surface area contributed by atoms with Crippen molar-refractivity contribution in [1.29, 1.82) is 0 Å². The van der Waals surface area contributed by atoms with Crippen LogP contribution in [-0.2, 0) is 4.79 Å². The van der Waals surface area contributed by atoms with Crippen molar-refractivity contribution in [2.75, 3.05) is 0 Å². The molecule has 0 aromatic heterocycles. The van der Waals surface area contributed by atoms with E-state index >= 15 is 0 Å². The first-order valence-corrected chi connectivity index (χ1v) is 5.29. The van der Waals surface area contributed by atoms with Gasteiger partial charge in [-0.15, -0.1) is 12.6 Å². The summed E-state index contributed by atoms with van der Waals surface area (Å²) >= 11 is 21.2. The molecule has 0 heterocycles. The summed E-state index contributed by atoms with van der Waals surface area (Å²) in [6.45, 7) is 0. The molecule has 0 aliphatic rings. The van der Waals surface area contributed by atoms with E-state index in [2.05, 4.69) is 12.6 Å². The van der Waals surface area contributed by atoms with E-state index in [0.717, 1.165) is 0 Å². The highest BCUT2D eigenvalue weighted by molar-refractivity contribution is 7.85. The van der Waals surface area contributed by atoms with Gasteiger partial charge in [0.2, 0.25) is 0 Å². The van der Waals surface area contributed by atoms with Crippen LogP contribution in [0.2, 0.25) is 15.1 Å². The van der Waals surface area contributed by atoms with Gasteiger partial charge in [0, 0.05) is 10.6 Å². The predicted molar refractivity (Wildman–Crippen MR) is 66.1 cm³/mol. The van der Waals surface area contributed by atoms with Crippen LogP contribution >= 0.6 is 47.4 Å². The number of carbonyl (C=O) groups is 1. The highest BCUT2D eigenvalue weighted by Gasteiger charge is 2.10. The highest BCUT2D eigenvalue weighted by atomic mass is 35.5. The fourth-order valence-corrected chi connectivity index (χ4v) is 1.65. The molecule has 0 radical (unpaired) electrons. The van der Waals surface area contributed by atoms with Crippen LogP contribution in [0.15, 0.2) is 17.0 Å². The maximum Gasteiger partial charge on any atom is 0.341 e. The minimum absolute atomic E-state index is 0.166. The predicted octanol–water partition coefficient (Wildman–Crippen LogP) is 4.00. The monoisotopic (exact) mass is 282 g/mol. The fraction of sp³-hybridized carbons (Fsp3) is 0. The van der Waals surface area contributed by atoms with Gasteiger partial charge in [-0.25, -0.2) is 4.79 Å². The molecular weight excluding hydrogens is 279 g/mol. The van der Waals surface area contributed by atoms with Crippen LogP contribution in [-0.4, -0.2) is 11.1 Å². The van der Waals surface area contributed by atoms with Gasteiger partial charge in [-0.1, -0.05) is 34.8 Å². The number of aliphatic carboxylic acids is 1. The minimum atomic E-state index is -1.16. The van der Waals surface area contributed by atoms with Gasteiger partial charge in [0.1, 0.15) is 0 Å². The third-order valence-corrected chi connectivity index (χ3v) is 3.05. The van der Waals surface area contributed by atoms with Crippen molar-refractivity contribution in [3.05, 3.63) is 37.7 Å². The molecule has 0 spiro atoms. The Labute approximate surface area is 107 Å². The topological polar surface area (TPSA) is 37.3 Å². The van der Waals surface area contributed by atoms with E-state index in [9.17, 15) is 4.79 Å². The third-order valence-electron chi connectivity index (χ3n) is 1.58. The SMILES string of the molecule is O=C(O)/C(S)=C/c1c(Cl)ccc(Cl)c1Cl. The Hall–Kier alpha value is -0.350. The van der Waals surface area contributed by atoms with E-state index < -0.39 is 5.97 Å². The van der Waals surface area contributed by atoms with Crippen LogP contribution < -0.4 is 0 Å². The quantitative estimate of drug-likeness (QED) is 0.489. The molecule has 1 rings (SSSR count). The summed E-state index contributed by atoms with van der Waals surface area (Å²) < 4.78 is 0. The molecule has 6 heteroatoms. The number of hydrogen-bond donors (Lipinski definition) is 2. The summed E-state index contributed by atoms with van der Waals surface area (Å²) in [7, 11) is 0. The van der Waals surface area contributed by atoms with Gasteiger partial charge >= 0.3 is 5.97 Å². The molecule has 0 saturated heterocycles. The van der Waals surface area contributed by atoms with Crippen LogP contribution in [0.1, 0.15) is 5.56 Å². The van der Waals surface area contributed by atoms with Gasteiger partial charge in [-0.2, -0.15) is 0 Å². The molecule has 1 aromatic carbocycles. The summed E-state index contributed by atoms with van der Waals surface area (Å²) in [6.07, 6.45) is 1.25. The number of hydrogen-bond acceptors (Lipinski definition) is 2. The van der Waals surface area contributed by atoms with Gasteiger partial charge in [0.25, 0.3) is 0 Å². The van der Waals surface area contributed by atoms with E-state index in [1.165, 1.54) is 18.2 Å². The third kappa shape index (κ3) is 3.05. The Morgan fingerprint density at radius 3 is 2.33 bits per heavy atom. The molecule has 15 heavy (non-hydrogen) atoms. The van der Waals surface area contributed by atoms with Gasteiger partial charge in [0.15, 0.2) is 0 Å². The standard InChI is InChI=1S/C9H5Cl3O2S/c10-5-1-2-6(11)8(12)4(5)3-7(15)9(13)14/h1-3,15H,(H,13,14)/b7-3-. The molecule has 0 saturated carbocycles. The zero-order chi connectivity index (χ0) is 11.6. The molecule has 0 aliphatic heterocycles. The number of carboxylic acid groups (broad SMARTS) is 1. The van der Waals surface area contributed by atoms with Crippen molar-refractivity contribution in [1.82, 2.24) is 0 Å². The summed E-state index contributed by atoms with van der Waals surface area (Å²) in [5, 5.41) is 9.46. The zero-order valence-corrected chi connectivity index (χ0v) is 10.3. The summed E-state index contributed by atoms with van der Waals surface area (Å²) in [5.74, 6) is -1.16. The first kappa shape index (κ1) is 12.7. The van der Waals surface area contributed by atoms with Crippen LogP contribution in [0.3, 0.4) is 0 Å². The Bertz CT molecular complexity index is 443. The Balaban J connectivity index is 3.32. The number of thiol groups is 1. The molecule has 0 bridgehead atoms. The second-order valence-corrected chi connectivity index (χ2v) is 4.27. The molecule has 0 aliphatic carbocycles. The highest BCUT2D eigenvalue weighted by Crippen LogP contribution is 2.33. The maximum atomic E-state index is 10.5. The van der Waals surface area contributed by atoms with Crippen LogP contribution in [0.5, 0.6) is 0 Å². The van der Waals surface area contributed by atoms with Gasteiger partial charge in [0.05, 0.1) is 15.0 Å². The Morgan fingerprint density at radius 2 is 1.80 bits per heavy atom. The lowest BCUT2D eigenvalue weighted by molar-refractivity contribution is -0.131. The van der Waals surface area contributed by atoms with Crippen LogP contribution in [0.4, 0.5) is 0 Å². The van der Waals surface area contributed by atoms with E-state index in [1.807, 2.05) is 0 Å². The Morgan fingerprint density at radius 1 is 1.27 bits per heavy atom. The summed E-state index contributed by atoms with van der Waals surface area (Å²) in [6, 6.07) is 3.06. The molecule has 80 valence electrons. The maximum absolute atomic E-state index is 10.5. The molecule has 0 fully saturated rings. The van der Waals surface area contributed by atoms with Gasteiger partial charge in [-0.3, -0.25) is 0 Å². The van der Waals surface area contributed by atoms with Crippen LogP contribution in [0, 0.1) is 0 Å². The van der Waals surface area contributed by atoms with Crippen molar-refractivity contribution in [2.24, 2.45) is 0 Å². The fourth-order valence-electron chi connectivity index (χ4n) is 0.874. The summed E-state index contributed by atoms with van der Waals surface area (Å²) in [4.78, 5) is 10.4. The zero-order valence-electron chi connectivity index (χ0n) is 7.17.